The highest BCUT2D eigenvalue weighted by Crippen LogP contribution is 2.11. The van der Waals surface area contributed by atoms with Crippen LogP contribution in [0.1, 0.15) is 6.92 Å². The zero-order chi connectivity index (χ0) is 18.2. The molecule has 1 saturated heterocycles. The SMILES string of the molecule is CN=C(NCC(C)Oc1ccccc1)N1CCN(c2ncccn2)CC1.I. The van der Waals surface area contributed by atoms with Crippen LogP contribution in [0.2, 0.25) is 0 Å². The molecule has 1 unspecified atom stereocenters. The number of aromatic nitrogens is 2. The minimum atomic E-state index is 0. The number of hydrogen-bond donors (Lipinski definition) is 1. The van der Waals surface area contributed by atoms with Gasteiger partial charge in [-0.15, -0.1) is 24.0 Å². The number of ether oxygens (including phenoxy) is 1. The Hall–Kier alpha value is -2.10. The topological polar surface area (TPSA) is 65.9 Å². The first-order chi connectivity index (χ1) is 12.8. The van der Waals surface area contributed by atoms with Crippen LogP contribution < -0.4 is 15.0 Å². The summed E-state index contributed by atoms with van der Waals surface area (Å²) in [6.07, 6.45) is 3.61. The van der Waals surface area contributed by atoms with Crippen LogP contribution in [0.4, 0.5) is 5.95 Å². The first-order valence-electron chi connectivity index (χ1n) is 8.95. The molecule has 0 aliphatic carbocycles. The Morgan fingerprint density at radius 2 is 1.78 bits per heavy atom. The third-order valence-electron chi connectivity index (χ3n) is 4.25. The van der Waals surface area contributed by atoms with Crippen molar-refractivity contribution in [3.8, 4) is 5.75 Å². The first kappa shape index (κ1) is 21.2. The van der Waals surface area contributed by atoms with Gasteiger partial charge in [0.2, 0.25) is 5.95 Å². The standard InChI is InChI=1S/C19H26N6O.HI/c1-16(26-17-7-4-3-5-8-17)15-23-18(20-2)24-11-13-25(14-12-24)19-21-9-6-10-22-19;/h3-10,16H,11-15H2,1-2H3,(H,20,23);1H. The number of nitrogens with zero attached hydrogens (tertiary/aromatic N) is 5. The third kappa shape index (κ3) is 6.23. The zero-order valence-electron chi connectivity index (χ0n) is 15.8. The Kier molecular flexibility index (Phi) is 8.56. The molecule has 27 heavy (non-hydrogen) atoms. The van der Waals surface area contributed by atoms with E-state index >= 15 is 0 Å². The van der Waals surface area contributed by atoms with E-state index in [2.05, 4.69) is 37.0 Å². The smallest absolute Gasteiger partial charge is 0.225 e. The van der Waals surface area contributed by atoms with Crippen LogP contribution in [0.3, 0.4) is 0 Å². The molecule has 0 amide bonds. The molecular weight excluding hydrogens is 455 g/mol. The maximum absolute atomic E-state index is 5.91. The molecule has 1 aliphatic heterocycles. The Morgan fingerprint density at radius 1 is 1.11 bits per heavy atom. The van der Waals surface area contributed by atoms with Crippen LogP contribution in [-0.2, 0) is 0 Å². The number of piperazine rings is 1. The molecule has 0 bridgehead atoms. The molecule has 146 valence electrons. The molecule has 0 radical (unpaired) electrons. The van der Waals surface area contributed by atoms with E-state index in [4.69, 9.17) is 4.74 Å². The van der Waals surface area contributed by atoms with Gasteiger partial charge in [0.25, 0.3) is 0 Å². The molecule has 7 nitrogen and oxygen atoms in total. The molecule has 1 aromatic heterocycles. The van der Waals surface area contributed by atoms with E-state index in [0.29, 0.717) is 6.54 Å². The molecule has 1 atom stereocenters. The van der Waals surface area contributed by atoms with E-state index in [9.17, 15) is 0 Å². The van der Waals surface area contributed by atoms with Gasteiger partial charge in [0, 0.05) is 45.6 Å². The summed E-state index contributed by atoms with van der Waals surface area (Å²) in [4.78, 5) is 17.5. The van der Waals surface area contributed by atoms with E-state index in [1.165, 1.54) is 0 Å². The average molecular weight is 482 g/mol. The Morgan fingerprint density at radius 3 is 2.41 bits per heavy atom. The number of nitrogens with one attached hydrogen (secondary N) is 1. The van der Waals surface area contributed by atoms with E-state index in [-0.39, 0.29) is 30.1 Å². The fourth-order valence-corrected chi connectivity index (χ4v) is 2.91. The molecule has 2 heterocycles. The van der Waals surface area contributed by atoms with Gasteiger partial charge in [0.15, 0.2) is 5.96 Å². The number of para-hydroxylation sites is 1. The van der Waals surface area contributed by atoms with Gasteiger partial charge in [-0.25, -0.2) is 9.97 Å². The molecule has 0 saturated carbocycles. The monoisotopic (exact) mass is 482 g/mol. The van der Waals surface area contributed by atoms with Crippen molar-refractivity contribution in [1.29, 1.82) is 0 Å². The van der Waals surface area contributed by atoms with Crippen LogP contribution >= 0.6 is 24.0 Å². The highest BCUT2D eigenvalue weighted by Gasteiger charge is 2.21. The van der Waals surface area contributed by atoms with Gasteiger partial charge in [0.05, 0.1) is 6.54 Å². The van der Waals surface area contributed by atoms with Crippen LogP contribution in [0.5, 0.6) is 5.75 Å². The second-order valence-electron chi connectivity index (χ2n) is 6.19. The van der Waals surface area contributed by atoms with Gasteiger partial charge in [0.1, 0.15) is 11.9 Å². The highest BCUT2D eigenvalue weighted by molar-refractivity contribution is 14.0. The Labute approximate surface area is 177 Å². The second kappa shape index (κ2) is 10.9. The van der Waals surface area contributed by atoms with Crippen molar-refractivity contribution in [2.45, 2.75) is 13.0 Å². The minimum Gasteiger partial charge on any atom is -0.489 e. The van der Waals surface area contributed by atoms with Crippen LogP contribution in [-0.4, -0.2) is 66.7 Å². The van der Waals surface area contributed by atoms with Crippen molar-refractivity contribution < 1.29 is 4.74 Å². The molecule has 1 aromatic carbocycles. The summed E-state index contributed by atoms with van der Waals surface area (Å²) in [5, 5.41) is 3.41. The van der Waals surface area contributed by atoms with Gasteiger partial charge < -0.3 is 19.9 Å². The van der Waals surface area contributed by atoms with E-state index < -0.39 is 0 Å². The molecule has 8 heteroatoms. The second-order valence-corrected chi connectivity index (χ2v) is 6.19. The van der Waals surface area contributed by atoms with Crippen LogP contribution in [0.25, 0.3) is 0 Å². The molecule has 1 aliphatic rings. The van der Waals surface area contributed by atoms with E-state index in [1.807, 2.05) is 43.4 Å². The van der Waals surface area contributed by atoms with Gasteiger partial charge in [-0.1, -0.05) is 18.2 Å². The molecule has 2 aromatic rings. The summed E-state index contributed by atoms with van der Waals surface area (Å²) in [5.41, 5.74) is 0. The molecular formula is C19H27IN6O. The van der Waals surface area contributed by atoms with Crippen LogP contribution in [0, 0.1) is 0 Å². The van der Waals surface area contributed by atoms with Crippen molar-refractivity contribution in [3.63, 3.8) is 0 Å². The maximum Gasteiger partial charge on any atom is 0.225 e. The maximum atomic E-state index is 5.91. The number of aliphatic imine (C=N–C) groups is 1. The van der Waals surface area contributed by atoms with Crippen LogP contribution in [0.15, 0.2) is 53.8 Å². The molecule has 1 fully saturated rings. The lowest BCUT2D eigenvalue weighted by atomic mass is 10.3. The van der Waals surface area contributed by atoms with E-state index in [1.54, 1.807) is 12.4 Å². The predicted octanol–water partition coefficient (Wildman–Crippen LogP) is 2.26. The van der Waals surface area contributed by atoms with Gasteiger partial charge in [-0.2, -0.15) is 0 Å². The number of anilines is 1. The van der Waals surface area contributed by atoms with E-state index in [0.717, 1.165) is 43.8 Å². The third-order valence-corrected chi connectivity index (χ3v) is 4.25. The van der Waals surface area contributed by atoms with Crippen molar-refractivity contribution in [2.75, 3.05) is 44.7 Å². The summed E-state index contributed by atoms with van der Waals surface area (Å²) < 4.78 is 5.91. The van der Waals surface area contributed by atoms with Gasteiger partial charge in [-0.3, -0.25) is 4.99 Å². The summed E-state index contributed by atoms with van der Waals surface area (Å²) in [6.45, 7) is 6.26. The van der Waals surface area contributed by atoms with Crippen molar-refractivity contribution in [2.24, 2.45) is 4.99 Å². The minimum absolute atomic E-state index is 0. The molecule has 3 rings (SSSR count). The summed E-state index contributed by atoms with van der Waals surface area (Å²) in [6, 6.07) is 11.7. The lowest BCUT2D eigenvalue weighted by molar-refractivity contribution is 0.221. The summed E-state index contributed by atoms with van der Waals surface area (Å²) in [5.74, 6) is 2.58. The fourth-order valence-electron chi connectivity index (χ4n) is 2.91. The quantitative estimate of drug-likeness (QED) is 0.401. The molecule has 1 N–H and O–H groups in total. The fraction of sp³-hybridized carbons (Fsp3) is 0.421. The van der Waals surface area contributed by atoms with Crippen molar-refractivity contribution in [1.82, 2.24) is 20.2 Å². The Balaban J connectivity index is 0.00000261. The normalized spacial score (nSPS) is 15.7. The summed E-state index contributed by atoms with van der Waals surface area (Å²) >= 11 is 0. The number of benzene rings is 1. The largest absolute Gasteiger partial charge is 0.489 e. The predicted molar refractivity (Wildman–Crippen MR) is 119 cm³/mol. The highest BCUT2D eigenvalue weighted by atomic mass is 127. The van der Waals surface area contributed by atoms with Gasteiger partial charge >= 0.3 is 0 Å². The van der Waals surface area contributed by atoms with Gasteiger partial charge in [-0.05, 0) is 25.1 Å². The van der Waals surface area contributed by atoms with Crippen molar-refractivity contribution >= 4 is 35.9 Å². The number of rotatable bonds is 5. The van der Waals surface area contributed by atoms with Crippen molar-refractivity contribution in [3.05, 3.63) is 48.8 Å². The lowest BCUT2D eigenvalue weighted by Gasteiger charge is -2.36. The number of halogens is 1. The lowest BCUT2D eigenvalue weighted by Crippen LogP contribution is -2.53. The number of hydrogen-bond acceptors (Lipinski definition) is 5. The Bertz CT molecular complexity index is 692. The molecule has 0 spiro atoms. The summed E-state index contributed by atoms with van der Waals surface area (Å²) in [7, 11) is 1.82. The average Bonchev–Trinajstić information content (AvgIpc) is 2.70. The number of guanidine groups is 1. The zero-order valence-corrected chi connectivity index (χ0v) is 18.1. The first-order valence-corrected chi connectivity index (χ1v) is 8.95.